The van der Waals surface area contributed by atoms with Crippen LogP contribution in [-0.2, 0) is 0 Å². The first-order valence-corrected chi connectivity index (χ1v) is 2.92. The second-order valence-corrected chi connectivity index (χ2v) is 1.99. The van der Waals surface area contributed by atoms with Crippen molar-refractivity contribution in [2.45, 2.75) is 13.8 Å². The van der Waals surface area contributed by atoms with Gasteiger partial charge in [-0.2, -0.15) is 0 Å². The molecule has 0 rings (SSSR count). The molecule has 0 aliphatic carbocycles. The average Bonchev–Trinajstić information content (AvgIpc) is 1.35. The van der Waals surface area contributed by atoms with Gasteiger partial charge in [0.15, 0.2) is 0 Å². The van der Waals surface area contributed by atoms with E-state index in [-0.39, 0.29) is 0 Å². The summed E-state index contributed by atoms with van der Waals surface area (Å²) in [6.45, 7) is 4.20. The highest BCUT2D eigenvalue weighted by molar-refractivity contribution is 7.16. The summed E-state index contributed by atoms with van der Waals surface area (Å²) in [5.74, 6) is 0. The molecule has 0 radical (unpaired) electrons. The van der Waals surface area contributed by atoms with Gasteiger partial charge in [0.25, 0.3) is 0 Å². The minimum atomic E-state index is 1.09. The van der Waals surface area contributed by atoms with Crippen LogP contribution in [0.1, 0.15) is 13.8 Å². The van der Waals surface area contributed by atoms with Crippen molar-refractivity contribution in [1.82, 2.24) is 0 Å². The normalized spacial score (nSPS) is 7.83. The molecule has 0 nitrogen and oxygen atoms in total. The molecule has 6 heavy (non-hydrogen) atoms. The summed E-state index contributed by atoms with van der Waals surface area (Å²) in [6, 6.07) is 0. The first kappa shape index (κ1) is 6.17. The first-order valence-electron chi connectivity index (χ1n) is 2.11. The Hall–Kier alpha value is 0.170. The highest BCUT2D eigenvalue weighted by atomic mass is 31.0. The zero-order valence-electron chi connectivity index (χ0n) is 4.36. The summed E-state index contributed by atoms with van der Waals surface area (Å²) in [4.78, 5) is 0. The maximum atomic E-state index is 2.65. The molecule has 0 bridgehead atoms. The van der Waals surface area contributed by atoms with Gasteiger partial charge in [-0.1, -0.05) is 11.6 Å². The van der Waals surface area contributed by atoms with Gasteiger partial charge in [-0.3, -0.25) is 0 Å². The van der Waals surface area contributed by atoms with Crippen LogP contribution in [0.4, 0.5) is 0 Å². The molecule has 0 N–H and O–H groups in total. The van der Waals surface area contributed by atoms with Crippen LogP contribution in [0.3, 0.4) is 0 Å². The monoisotopic (exact) mass is 102 g/mol. The van der Waals surface area contributed by atoms with Crippen molar-refractivity contribution in [2.75, 3.05) is 6.16 Å². The number of rotatable bonds is 1. The van der Waals surface area contributed by atoms with Gasteiger partial charge in [-0.05, 0) is 20.0 Å². The molecule has 1 atom stereocenters. The van der Waals surface area contributed by atoms with Crippen molar-refractivity contribution in [3.8, 4) is 0 Å². The highest BCUT2D eigenvalue weighted by Crippen LogP contribution is 1.89. The van der Waals surface area contributed by atoms with E-state index in [4.69, 9.17) is 0 Å². The Morgan fingerprint density at radius 3 is 2.17 bits per heavy atom. The van der Waals surface area contributed by atoms with Crippen molar-refractivity contribution >= 4 is 9.24 Å². The van der Waals surface area contributed by atoms with E-state index in [2.05, 4.69) is 29.2 Å². The summed E-state index contributed by atoms with van der Waals surface area (Å²) < 4.78 is 0. The topological polar surface area (TPSA) is 0 Å². The molecular weight excluding hydrogens is 91.0 g/mol. The minimum absolute atomic E-state index is 1.09. The predicted molar refractivity (Wildman–Crippen MR) is 34.0 cm³/mol. The largest absolute Gasteiger partial charge is 0.134 e. The molecule has 0 aliphatic rings. The number of hydrogen-bond donors (Lipinski definition) is 0. The van der Waals surface area contributed by atoms with Gasteiger partial charge in [0.05, 0.1) is 0 Å². The molecule has 0 saturated carbocycles. The molecule has 0 aromatic carbocycles. The van der Waals surface area contributed by atoms with Crippen LogP contribution in [0.25, 0.3) is 0 Å². The lowest BCUT2D eigenvalue weighted by Gasteiger charge is -1.80. The highest BCUT2D eigenvalue weighted by Gasteiger charge is 1.67. The number of hydrogen-bond acceptors (Lipinski definition) is 0. The molecule has 0 fully saturated rings. The van der Waals surface area contributed by atoms with E-state index in [1.807, 2.05) is 0 Å². The fraction of sp³-hybridized carbons (Fsp3) is 0.600. The third kappa shape index (κ3) is 4.17. The maximum absolute atomic E-state index is 2.65. The summed E-state index contributed by atoms with van der Waals surface area (Å²) in [7, 11) is 2.65. The van der Waals surface area contributed by atoms with Gasteiger partial charge in [0.2, 0.25) is 0 Å². The first-order chi connectivity index (χ1) is 2.77. The average molecular weight is 102 g/mol. The SMILES string of the molecule is CC(C)=CCP. The fourth-order valence-electron chi connectivity index (χ4n) is 0.236. The van der Waals surface area contributed by atoms with Crippen LogP contribution >= 0.6 is 9.24 Å². The van der Waals surface area contributed by atoms with Crippen LogP contribution in [0.5, 0.6) is 0 Å². The van der Waals surface area contributed by atoms with Crippen LogP contribution in [-0.4, -0.2) is 6.16 Å². The summed E-state index contributed by atoms with van der Waals surface area (Å²) in [6.07, 6.45) is 3.26. The van der Waals surface area contributed by atoms with Crippen LogP contribution in [0.15, 0.2) is 11.6 Å². The van der Waals surface area contributed by atoms with Gasteiger partial charge < -0.3 is 0 Å². The van der Waals surface area contributed by atoms with Crippen molar-refractivity contribution in [2.24, 2.45) is 0 Å². The molecule has 1 unspecified atom stereocenters. The van der Waals surface area contributed by atoms with E-state index >= 15 is 0 Å². The van der Waals surface area contributed by atoms with Gasteiger partial charge >= 0.3 is 0 Å². The zero-order chi connectivity index (χ0) is 4.99. The molecule has 0 amide bonds. The molecular formula is C5H11P. The smallest absolute Gasteiger partial charge is 0.0198 e. The van der Waals surface area contributed by atoms with Crippen molar-refractivity contribution in [3.63, 3.8) is 0 Å². The molecule has 0 aromatic heterocycles. The van der Waals surface area contributed by atoms with E-state index in [1.165, 1.54) is 5.57 Å². The van der Waals surface area contributed by atoms with Crippen molar-refractivity contribution in [1.29, 1.82) is 0 Å². The lowest BCUT2D eigenvalue weighted by molar-refractivity contribution is 1.37. The summed E-state index contributed by atoms with van der Waals surface area (Å²) in [5.41, 5.74) is 1.39. The maximum Gasteiger partial charge on any atom is -0.0198 e. The fourth-order valence-corrected chi connectivity index (χ4v) is 0.707. The van der Waals surface area contributed by atoms with Crippen molar-refractivity contribution < 1.29 is 0 Å². The standard InChI is InChI=1S/C5H11P/c1-5(2)3-4-6/h3H,4,6H2,1-2H3. The Kier molecular flexibility index (Phi) is 3.46. The Morgan fingerprint density at radius 2 is 2.17 bits per heavy atom. The van der Waals surface area contributed by atoms with Crippen LogP contribution in [0, 0.1) is 0 Å². The van der Waals surface area contributed by atoms with E-state index in [1.54, 1.807) is 0 Å². The zero-order valence-corrected chi connectivity index (χ0v) is 5.52. The molecule has 0 spiro atoms. The third-order valence-corrected chi connectivity index (χ3v) is 0.762. The number of allylic oxidation sites excluding steroid dienone is 2. The Morgan fingerprint density at radius 1 is 1.67 bits per heavy atom. The second kappa shape index (κ2) is 3.36. The van der Waals surface area contributed by atoms with Gasteiger partial charge in [0, 0.05) is 0 Å². The third-order valence-electron chi connectivity index (χ3n) is 0.526. The van der Waals surface area contributed by atoms with Crippen LogP contribution < -0.4 is 0 Å². The summed E-state index contributed by atoms with van der Waals surface area (Å²) >= 11 is 0. The Labute approximate surface area is 41.8 Å². The van der Waals surface area contributed by atoms with E-state index in [9.17, 15) is 0 Å². The minimum Gasteiger partial charge on any atom is -0.134 e. The van der Waals surface area contributed by atoms with E-state index < -0.39 is 0 Å². The Bertz CT molecular complexity index is 51.0. The predicted octanol–water partition coefficient (Wildman–Crippen LogP) is 1.83. The lowest BCUT2D eigenvalue weighted by Crippen LogP contribution is -1.62. The quantitative estimate of drug-likeness (QED) is 0.350. The van der Waals surface area contributed by atoms with E-state index in [0.717, 1.165) is 6.16 Å². The van der Waals surface area contributed by atoms with E-state index in [0.29, 0.717) is 0 Å². The van der Waals surface area contributed by atoms with Gasteiger partial charge in [-0.25, -0.2) is 0 Å². The molecule has 1 heteroatoms. The Balaban J connectivity index is 3.14. The van der Waals surface area contributed by atoms with Crippen molar-refractivity contribution in [3.05, 3.63) is 11.6 Å². The van der Waals surface area contributed by atoms with Gasteiger partial charge in [-0.15, -0.1) is 9.24 Å². The van der Waals surface area contributed by atoms with Gasteiger partial charge in [0.1, 0.15) is 0 Å². The molecule has 36 valence electrons. The molecule has 0 aromatic rings. The molecule has 0 heterocycles. The second-order valence-electron chi connectivity index (χ2n) is 1.52. The lowest BCUT2D eigenvalue weighted by atomic mass is 10.3. The van der Waals surface area contributed by atoms with Crippen LogP contribution in [0.2, 0.25) is 0 Å². The molecule has 0 saturated heterocycles. The summed E-state index contributed by atoms with van der Waals surface area (Å²) in [5, 5.41) is 0. The molecule has 0 aliphatic heterocycles.